The minimum absolute atomic E-state index is 0.206. The zero-order chi connectivity index (χ0) is 12.4. The first-order valence-corrected chi connectivity index (χ1v) is 7.16. The summed E-state index contributed by atoms with van der Waals surface area (Å²) in [6, 6.07) is 4.91. The fourth-order valence-electron chi connectivity index (χ4n) is 2.12. The molecule has 1 aromatic carbocycles. The fourth-order valence-corrected chi connectivity index (χ4v) is 2.95. The third-order valence-electron chi connectivity index (χ3n) is 3.36. The number of halogens is 3. The minimum atomic E-state index is -0.206. The van der Waals surface area contributed by atoms with E-state index in [2.05, 4.69) is 27.8 Å². The summed E-state index contributed by atoms with van der Waals surface area (Å²) in [5.74, 6) is 0.489. The van der Waals surface area contributed by atoms with Crippen LogP contribution in [-0.4, -0.2) is 22.8 Å². The van der Waals surface area contributed by atoms with Crippen LogP contribution in [0.1, 0.15) is 18.9 Å². The Morgan fingerprint density at radius 2 is 2.29 bits per heavy atom. The highest BCUT2D eigenvalue weighted by atomic mass is 79.9. The van der Waals surface area contributed by atoms with Gasteiger partial charge in [-0.05, 0) is 31.0 Å². The van der Waals surface area contributed by atoms with E-state index in [0.29, 0.717) is 22.3 Å². The summed E-state index contributed by atoms with van der Waals surface area (Å²) in [5.41, 5.74) is 0.726. The molecule has 2 atom stereocenters. The van der Waals surface area contributed by atoms with Crippen molar-refractivity contribution in [3.8, 4) is 0 Å². The lowest BCUT2D eigenvalue weighted by Gasteiger charge is -2.34. The highest BCUT2D eigenvalue weighted by Gasteiger charge is 2.24. The molecule has 1 fully saturated rings. The second-order valence-electron chi connectivity index (χ2n) is 4.75. The van der Waals surface area contributed by atoms with Crippen molar-refractivity contribution in [2.75, 3.05) is 13.1 Å². The van der Waals surface area contributed by atoms with E-state index in [1.165, 1.54) is 6.07 Å². The number of likely N-dealkylation sites (tertiary alicyclic amines) is 1. The van der Waals surface area contributed by atoms with Gasteiger partial charge in [0.15, 0.2) is 0 Å². The van der Waals surface area contributed by atoms with Crippen molar-refractivity contribution in [1.82, 2.24) is 4.90 Å². The number of nitrogens with zero attached hydrogens (tertiary/aromatic N) is 1. The maximum atomic E-state index is 13.7. The molecule has 17 heavy (non-hydrogen) atoms. The maximum Gasteiger partial charge on any atom is 0.129 e. The smallest absolute Gasteiger partial charge is 0.129 e. The molecule has 0 saturated carbocycles. The molecule has 1 nitrogen and oxygen atoms in total. The van der Waals surface area contributed by atoms with Crippen LogP contribution in [-0.2, 0) is 6.54 Å². The van der Waals surface area contributed by atoms with Crippen molar-refractivity contribution in [3.05, 3.63) is 34.6 Å². The van der Waals surface area contributed by atoms with Crippen molar-refractivity contribution >= 4 is 27.5 Å². The van der Waals surface area contributed by atoms with Crippen LogP contribution in [0, 0.1) is 11.7 Å². The van der Waals surface area contributed by atoms with Gasteiger partial charge in [0, 0.05) is 28.5 Å². The SMILES string of the molecule is CC1CCN(Cc2ccc(Cl)cc2F)CC1Br. The molecule has 0 aromatic heterocycles. The van der Waals surface area contributed by atoms with Crippen LogP contribution in [0.5, 0.6) is 0 Å². The number of alkyl halides is 1. The largest absolute Gasteiger partial charge is 0.298 e. The van der Waals surface area contributed by atoms with Gasteiger partial charge >= 0.3 is 0 Å². The first-order chi connectivity index (χ1) is 8.06. The van der Waals surface area contributed by atoms with Crippen molar-refractivity contribution in [2.24, 2.45) is 5.92 Å². The number of piperidine rings is 1. The summed E-state index contributed by atoms with van der Waals surface area (Å²) in [6.07, 6.45) is 1.16. The molecule has 0 aliphatic carbocycles. The van der Waals surface area contributed by atoms with E-state index < -0.39 is 0 Å². The van der Waals surface area contributed by atoms with Crippen LogP contribution < -0.4 is 0 Å². The van der Waals surface area contributed by atoms with Crippen molar-refractivity contribution < 1.29 is 4.39 Å². The Morgan fingerprint density at radius 3 is 2.94 bits per heavy atom. The first-order valence-electron chi connectivity index (χ1n) is 5.86. The Morgan fingerprint density at radius 1 is 1.53 bits per heavy atom. The van der Waals surface area contributed by atoms with E-state index in [9.17, 15) is 4.39 Å². The van der Waals surface area contributed by atoms with E-state index in [1.807, 2.05) is 0 Å². The van der Waals surface area contributed by atoms with Crippen LogP contribution in [0.15, 0.2) is 18.2 Å². The Bertz CT molecular complexity index is 399. The summed E-state index contributed by atoms with van der Waals surface area (Å²) < 4.78 is 13.7. The fraction of sp³-hybridized carbons (Fsp3) is 0.538. The van der Waals surface area contributed by atoms with Crippen LogP contribution in [0.25, 0.3) is 0 Å². The van der Waals surface area contributed by atoms with Crippen LogP contribution >= 0.6 is 27.5 Å². The number of hydrogen-bond donors (Lipinski definition) is 0. The molecular formula is C13H16BrClFN. The molecule has 1 aliphatic rings. The van der Waals surface area contributed by atoms with E-state index in [4.69, 9.17) is 11.6 Å². The Kier molecular flexibility index (Phi) is 4.45. The van der Waals surface area contributed by atoms with Crippen LogP contribution in [0.2, 0.25) is 5.02 Å². The molecule has 4 heteroatoms. The van der Waals surface area contributed by atoms with Gasteiger partial charge in [-0.15, -0.1) is 0 Å². The van der Waals surface area contributed by atoms with E-state index in [-0.39, 0.29) is 5.82 Å². The minimum Gasteiger partial charge on any atom is -0.298 e. The predicted octanol–water partition coefficient (Wildman–Crippen LogP) is 4.08. The van der Waals surface area contributed by atoms with Gasteiger partial charge in [0.25, 0.3) is 0 Å². The average Bonchev–Trinajstić information content (AvgIpc) is 2.27. The zero-order valence-corrected chi connectivity index (χ0v) is 12.1. The summed E-state index contributed by atoms with van der Waals surface area (Å²) in [6.45, 7) is 4.92. The molecule has 0 amide bonds. The molecule has 94 valence electrons. The summed E-state index contributed by atoms with van der Waals surface area (Å²) >= 11 is 9.42. The van der Waals surface area contributed by atoms with Gasteiger partial charge in [0.2, 0.25) is 0 Å². The summed E-state index contributed by atoms with van der Waals surface area (Å²) in [7, 11) is 0. The van der Waals surface area contributed by atoms with Gasteiger partial charge in [0.05, 0.1) is 0 Å². The topological polar surface area (TPSA) is 3.24 Å². The standard InChI is InChI=1S/C13H16BrClFN/c1-9-4-5-17(8-12(9)14)7-10-2-3-11(15)6-13(10)16/h2-3,6,9,12H,4-5,7-8H2,1H3. The first kappa shape index (κ1) is 13.3. The molecule has 1 aliphatic heterocycles. The van der Waals surface area contributed by atoms with E-state index in [0.717, 1.165) is 25.1 Å². The molecule has 2 rings (SSSR count). The molecule has 0 radical (unpaired) electrons. The molecule has 0 bridgehead atoms. The van der Waals surface area contributed by atoms with Gasteiger partial charge in [-0.2, -0.15) is 0 Å². The predicted molar refractivity (Wildman–Crippen MR) is 73.2 cm³/mol. The highest BCUT2D eigenvalue weighted by molar-refractivity contribution is 9.09. The molecule has 0 N–H and O–H groups in total. The Hall–Kier alpha value is -0.120. The summed E-state index contributed by atoms with van der Waals surface area (Å²) in [5, 5.41) is 0.455. The second-order valence-corrected chi connectivity index (χ2v) is 6.37. The molecule has 2 unspecified atom stereocenters. The van der Waals surface area contributed by atoms with Crippen molar-refractivity contribution in [2.45, 2.75) is 24.7 Å². The van der Waals surface area contributed by atoms with E-state index in [1.54, 1.807) is 12.1 Å². The quantitative estimate of drug-likeness (QED) is 0.742. The molecular weight excluding hydrogens is 305 g/mol. The lowest BCUT2D eigenvalue weighted by Crippen LogP contribution is -2.39. The van der Waals surface area contributed by atoms with Gasteiger partial charge < -0.3 is 0 Å². The highest BCUT2D eigenvalue weighted by Crippen LogP contribution is 2.25. The number of rotatable bonds is 2. The lowest BCUT2D eigenvalue weighted by atomic mass is 9.98. The van der Waals surface area contributed by atoms with Gasteiger partial charge in [0.1, 0.15) is 5.82 Å². The zero-order valence-electron chi connectivity index (χ0n) is 9.80. The number of hydrogen-bond acceptors (Lipinski definition) is 1. The van der Waals surface area contributed by atoms with Gasteiger partial charge in [-0.3, -0.25) is 4.90 Å². The molecule has 1 aromatic rings. The Labute approximate surface area is 115 Å². The monoisotopic (exact) mass is 319 g/mol. The third-order valence-corrected chi connectivity index (χ3v) is 4.79. The molecule has 1 heterocycles. The lowest BCUT2D eigenvalue weighted by molar-refractivity contribution is 0.192. The molecule has 0 spiro atoms. The van der Waals surface area contributed by atoms with Crippen LogP contribution in [0.4, 0.5) is 4.39 Å². The normalized spacial score (nSPS) is 26.1. The van der Waals surface area contributed by atoms with E-state index >= 15 is 0 Å². The maximum absolute atomic E-state index is 13.7. The van der Waals surface area contributed by atoms with Crippen molar-refractivity contribution in [3.63, 3.8) is 0 Å². The Balaban J connectivity index is 2.01. The summed E-state index contributed by atoms with van der Waals surface area (Å²) in [4.78, 5) is 2.79. The average molecular weight is 321 g/mol. The number of benzene rings is 1. The molecule has 1 saturated heterocycles. The van der Waals surface area contributed by atoms with Crippen LogP contribution in [0.3, 0.4) is 0 Å². The van der Waals surface area contributed by atoms with Gasteiger partial charge in [-0.25, -0.2) is 4.39 Å². The third kappa shape index (κ3) is 3.43. The van der Waals surface area contributed by atoms with Gasteiger partial charge in [-0.1, -0.05) is 40.5 Å². The van der Waals surface area contributed by atoms with Crippen molar-refractivity contribution in [1.29, 1.82) is 0 Å². The second kappa shape index (κ2) is 5.68.